The Morgan fingerprint density at radius 1 is 0.625 bits per heavy atom. The van der Waals surface area contributed by atoms with Crippen LogP contribution in [-0.4, -0.2) is 60.9 Å². The van der Waals surface area contributed by atoms with Gasteiger partial charge in [-0.05, 0) is 24.3 Å². The van der Waals surface area contributed by atoms with Crippen LogP contribution in [0, 0.1) is 0 Å². The third-order valence-corrected chi connectivity index (χ3v) is 2.44. The first-order valence-corrected chi connectivity index (χ1v) is 6.56. The minimum absolute atomic E-state index is 0.149. The van der Waals surface area contributed by atoms with Crippen LogP contribution < -0.4 is 0 Å². The molecule has 0 spiro atoms. The molecule has 10 nitrogen and oxygen atoms in total. The normalized spacial score (nSPS) is 9.67. The highest BCUT2D eigenvalue weighted by molar-refractivity contribution is 5.93. The Hall–Kier alpha value is -3.30. The lowest BCUT2D eigenvalue weighted by molar-refractivity contribution is 0.0324. The molecule has 1 rings (SSSR count). The van der Waals surface area contributed by atoms with Crippen molar-refractivity contribution in [3.63, 3.8) is 0 Å². The number of benzene rings is 1. The number of esters is 2. The highest BCUT2D eigenvalue weighted by Gasteiger charge is 2.11. The summed E-state index contributed by atoms with van der Waals surface area (Å²) in [5, 5.41) is 16.5. The molecule has 10 heteroatoms. The summed E-state index contributed by atoms with van der Waals surface area (Å²) >= 11 is 0. The highest BCUT2D eigenvalue weighted by atomic mass is 16.7. The zero-order valence-electron chi connectivity index (χ0n) is 12.3. The highest BCUT2D eigenvalue weighted by Crippen LogP contribution is 2.07. The second-order valence-electron chi connectivity index (χ2n) is 4.08. The Morgan fingerprint density at radius 2 is 0.917 bits per heavy atom. The molecule has 2 N–H and O–H groups in total. The Kier molecular flexibility index (Phi) is 7.55. The molecule has 1 aromatic rings. The number of hydrogen-bond donors (Lipinski definition) is 2. The predicted octanol–water partition coefficient (Wildman–Crippen LogP) is 1.39. The van der Waals surface area contributed by atoms with Crippen molar-refractivity contribution in [2.45, 2.75) is 0 Å². The van der Waals surface area contributed by atoms with Crippen molar-refractivity contribution in [3.05, 3.63) is 35.4 Å². The van der Waals surface area contributed by atoms with E-state index in [0.717, 1.165) is 0 Å². The molecule has 0 saturated heterocycles. The third-order valence-electron chi connectivity index (χ3n) is 2.44. The van der Waals surface area contributed by atoms with Crippen molar-refractivity contribution in [2.24, 2.45) is 0 Å². The predicted molar refractivity (Wildman–Crippen MR) is 75.0 cm³/mol. The van der Waals surface area contributed by atoms with E-state index in [1.165, 1.54) is 24.3 Å². The first kappa shape index (κ1) is 18.7. The Bertz CT molecular complexity index is 539. The van der Waals surface area contributed by atoms with Gasteiger partial charge in [-0.1, -0.05) is 0 Å². The molecule has 0 bridgehead atoms. The van der Waals surface area contributed by atoms with Gasteiger partial charge in [0.2, 0.25) is 0 Å². The zero-order chi connectivity index (χ0) is 17.9. The molecule has 0 aliphatic heterocycles. The lowest BCUT2D eigenvalue weighted by Gasteiger charge is -2.06. The average molecular weight is 342 g/mol. The quantitative estimate of drug-likeness (QED) is 0.403. The lowest BCUT2D eigenvalue weighted by Crippen LogP contribution is -2.14. The fourth-order valence-corrected chi connectivity index (χ4v) is 1.44. The first-order valence-electron chi connectivity index (χ1n) is 6.56. The van der Waals surface area contributed by atoms with Crippen LogP contribution in [0.2, 0.25) is 0 Å². The molecule has 0 aliphatic rings. The summed E-state index contributed by atoms with van der Waals surface area (Å²) in [4.78, 5) is 43.5. The molecule has 0 amide bonds. The van der Waals surface area contributed by atoms with Crippen LogP contribution >= 0.6 is 0 Å². The van der Waals surface area contributed by atoms with Gasteiger partial charge in [0.1, 0.15) is 26.4 Å². The van der Waals surface area contributed by atoms with Gasteiger partial charge in [-0.3, -0.25) is 0 Å². The summed E-state index contributed by atoms with van der Waals surface area (Å²) in [5.41, 5.74) is 0.298. The van der Waals surface area contributed by atoms with Crippen LogP contribution in [0.4, 0.5) is 9.59 Å². The van der Waals surface area contributed by atoms with E-state index in [-0.39, 0.29) is 37.6 Å². The topological polar surface area (TPSA) is 146 Å². The van der Waals surface area contributed by atoms with Gasteiger partial charge in [0.15, 0.2) is 0 Å². The molecule has 0 saturated carbocycles. The second-order valence-corrected chi connectivity index (χ2v) is 4.08. The summed E-state index contributed by atoms with van der Waals surface area (Å²) in [5.74, 6) is -1.42. The Labute approximate surface area is 135 Å². The fraction of sp³-hybridized carbons (Fsp3) is 0.286. The number of carbonyl (C=O) groups excluding carboxylic acids is 2. The summed E-state index contributed by atoms with van der Waals surface area (Å²) in [6, 6.07) is 5.30. The maximum atomic E-state index is 11.6. The number of ether oxygens (including phenoxy) is 4. The minimum atomic E-state index is -1.47. The zero-order valence-corrected chi connectivity index (χ0v) is 12.3. The van der Waals surface area contributed by atoms with Gasteiger partial charge >= 0.3 is 24.2 Å². The van der Waals surface area contributed by atoms with Gasteiger partial charge < -0.3 is 29.2 Å². The SMILES string of the molecule is O=C(O)OCCOC(=O)c1ccc(C(=O)OCCOC(=O)O)cc1. The van der Waals surface area contributed by atoms with Crippen LogP contribution in [0.1, 0.15) is 20.7 Å². The second kappa shape index (κ2) is 9.66. The fourth-order valence-electron chi connectivity index (χ4n) is 1.44. The third kappa shape index (κ3) is 7.11. The molecule has 0 unspecified atom stereocenters. The summed E-state index contributed by atoms with van der Waals surface area (Å²) in [6.45, 7) is -1.05. The van der Waals surface area contributed by atoms with E-state index < -0.39 is 24.2 Å². The largest absolute Gasteiger partial charge is 0.505 e. The van der Waals surface area contributed by atoms with Crippen molar-refractivity contribution in [1.82, 2.24) is 0 Å². The van der Waals surface area contributed by atoms with Crippen molar-refractivity contribution < 1.29 is 48.3 Å². The van der Waals surface area contributed by atoms with Crippen LogP contribution in [0.15, 0.2) is 24.3 Å². The minimum Gasteiger partial charge on any atom is -0.458 e. The Balaban J connectivity index is 2.41. The monoisotopic (exact) mass is 342 g/mol. The van der Waals surface area contributed by atoms with Crippen LogP contribution in [-0.2, 0) is 18.9 Å². The van der Waals surface area contributed by atoms with E-state index in [0.29, 0.717) is 0 Å². The Morgan fingerprint density at radius 3 is 1.21 bits per heavy atom. The number of carboxylic acid groups (broad SMARTS) is 2. The molecule has 24 heavy (non-hydrogen) atoms. The molecule has 0 radical (unpaired) electrons. The maximum Gasteiger partial charge on any atom is 0.505 e. The standard InChI is InChI=1S/C14H14O10/c15-11(21-5-7-23-13(17)18)9-1-2-10(4-3-9)12(16)22-6-8-24-14(19)20/h1-4H,5-8H2,(H,17,18)(H,19,20). The van der Waals surface area contributed by atoms with E-state index in [1.807, 2.05) is 0 Å². The van der Waals surface area contributed by atoms with Gasteiger partial charge in [-0.15, -0.1) is 0 Å². The van der Waals surface area contributed by atoms with Crippen molar-refractivity contribution >= 4 is 24.2 Å². The molecule has 1 aromatic carbocycles. The van der Waals surface area contributed by atoms with E-state index in [9.17, 15) is 19.2 Å². The lowest BCUT2D eigenvalue weighted by atomic mass is 10.1. The van der Waals surface area contributed by atoms with Gasteiger partial charge in [-0.2, -0.15) is 0 Å². The maximum absolute atomic E-state index is 11.6. The number of carbonyl (C=O) groups is 4. The first-order chi connectivity index (χ1) is 11.4. The van der Waals surface area contributed by atoms with Crippen molar-refractivity contribution in [3.8, 4) is 0 Å². The molecular weight excluding hydrogens is 328 g/mol. The molecule has 0 fully saturated rings. The summed E-state index contributed by atoms with van der Waals surface area (Å²) in [7, 11) is 0. The van der Waals surface area contributed by atoms with Crippen molar-refractivity contribution in [1.29, 1.82) is 0 Å². The average Bonchev–Trinajstić information content (AvgIpc) is 2.55. The molecule has 0 atom stereocenters. The molecule has 0 heterocycles. The summed E-state index contributed by atoms with van der Waals surface area (Å²) < 4.78 is 17.9. The van der Waals surface area contributed by atoms with E-state index >= 15 is 0 Å². The van der Waals surface area contributed by atoms with E-state index in [1.54, 1.807) is 0 Å². The molecule has 0 aliphatic carbocycles. The van der Waals surface area contributed by atoms with Gasteiger partial charge in [0, 0.05) is 0 Å². The van der Waals surface area contributed by atoms with Crippen LogP contribution in [0.5, 0.6) is 0 Å². The molecule has 130 valence electrons. The van der Waals surface area contributed by atoms with Crippen LogP contribution in [0.3, 0.4) is 0 Å². The molecule has 0 aromatic heterocycles. The van der Waals surface area contributed by atoms with Gasteiger partial charge in [-0.25, -0.2) is 19.2 Å². The number of rotatable bonds is 8. The summed E-state index contributed by atoms with van der Waals surface area (Å²) in [6.07, 6.45) is -2.94. The van der Waals surface area contributed by atoms with Crippen molar-refractivity contribution in [2.75, 3.05) is 26.4 Å². The molecular formula is C14H14O10. The van der Waals surface area contributed by atoms with E-state index in [4.69, 9.17) is 19.7 Å². The van der Waals surface area contributed by atoms with Crippen LogP contribution in [0.25, 0.3) is 0 Å². The van der Waals surface area contributed by atoms with E-state index in [2.05, 4.69) is 9.47 Å². The van der Waals surface area contributed by atoms with Gasteiger partial charge in [0.05, 0.1) is 11.1 Å². The number of hydrogen-bond acceptors (Lipinski definition) is 8. The van der Waals surface area contributed by atoms with Gasteiger partial charge in [0.25, 0.3) is 0 Å². The smallest absolute Gasteiger partial charge is 0.458 e.